The van der Waals surface area contributed by atoms with Crippen LogP contribution in [0.2, 0.25) is 0 Å². The topological polar surface area (TPSA) is 134 Å². The van der Waals surface area contributed by atoms with Crippen molar-refractivity contribution in [2.45, 2.75) is 84.7 Å². The Morgan fingerprint density at radius 1 is 0.846 bits per heavy atom. The number of methoxy groups -OCH3 is 1. The Kier molecular flexibility index (Phi) is 14.0. The smallest absolute Gasteiger partial charge is 0.260 e. The van der Waals surface area contributed by atoms with Gasteiger partial charge in [0.15, 0.2) is 0 Å². The Morgan fingerprint density at radius 2 is 1.38 bits per heavy atom. The molecule has 0 spiro atoms. The highest BCUT2D eigenvalue weighted by atomic mass is 32.2. The largest absolute Gasteiger partial charge is 0.497 e. The Hall–Kier alpha value is -4.48. The third-order valence-electron chi connectivity index (χ3n) is 9.43. The molecule has 3 aromatic carbocycles. The van der Waals surface area contributed by atoms with Crippen molar-refractivity contribution in [3.05, 3.63) is 102 Å². The molecule has 3 rings (SSSR count). The maximum absolute atomic E-state index is 14.3. The molecule has 282 valence electrons. The summed E-state index contributed by atoms with van der Waals surface area (Å²) in [6, 6.07) is 22.3. The average molecular weight is 733 g/mol. The van der Waals surface area contributed by atoms with Gasteiger partial charge in [0.05, 0.1) is 24.9 Å². The molecule has 0 aliphatic heterocycles. The summed E-state index contributed by atoms with van der Waals surface area (Å²) in [6.07, 6.45) is 1.60. The molecule has 0 heterocycles. The predicted molar refractivity (Wildman–Crippen MR) is 208 cm³/mol. The molecule has 3 atom stereocenters. The number of carbonyl (C=O) groups is 3. The molecule has 3 N–H and O–H groups in total. The third-order valence-corrected chi connectivity index (χ3v) is 10.6. The summed E-state index contributed by atoms with van der Waals surface area (Å²) < 4.78 is 32.9. The molecule has 0 fully saturated rings. The number of likely N-dealkylation sites (N-methyl/N-ethyl adjacent to an activating group) is 2. The van der Waals surface area contributed by atoms with Crippen molar-refractivity contribution >= 4 is 27.7 Å². The van der Waals surface area contributed by atoms with Gasteiger partial charge in [-0.1, -0.05) is 121 Å². The molecule has 0 aliphatic rings. The third kappa shape index (κ3) is 10.8. The molecule has 0 radical (unpaired) electrons. The maximum Gasteiger partial charge on any atom is 0.260 e. The van der Waals surface area contributed by atoms with E-state index in [-0.39, 0.29) is 29.1 Å². The Morgan fingerprint density at radius 3 is 1.87 bits per heavy atom. The average Bonchev–Trinajstić information content (AvgIpc) is 3.08. The molecule has 3 amide bonds. The Bertz CT molecular complexity index is 1810. The number of hydrogen-bond acceptors (Lipinski definition) is 7. The first kappa shape index (κ1) is 41.9. The van der Waals surface area contributed by atoms with E-state index in [1.54, 1.807) is 57.6 Å². The fourth-order valence-electron chi connectivity index (χ4n) is 6.22. The van der Waals surface area contributed by atoms with Crippen LogP contribution in [0.3, 0.4) is 0 Å². The number of hydrogen-bond donors (Lipinski definition) is 3. The molecule has 3 aromatic rings. The van der Waals surface area contributed by atoms with Gasteiger partial charge in [-0.3, -0.25) is 14.4 Å². The Labute approximate surface area is 310 Å². The fraction of sp³-hybridized carbons (Fsp3) is 0.439. The minimum Gasteiger partial charge on any atom is -0.497 e. The molecular weight excluding hydrogens is 677 g/mol. The van der Waals surface area contributed by atoms with Crippen LogP contribution in [0.4, 0.5) is 0 Å². The minimum absolute atomic E-state index is 0.140. The van der Waals surface area contributed by atoms with E-state index >= 15 is 0 Å². The summed E-state index contributed by atoms with van der Waals surface area (Å²) in [6.45, 7) is 15.0. The SMILES string of the molecule is CN[C@H](C(=O)NC(C(=O)N(C)[C@H](/C=C(\C)C(=O)NS(=O)(=O)Cc1ccccc1)C(C)C)C(C)(C)C)C(C)(C)c1ccc(-c2ccc(OC)cc2)cc1. The van der Waals surface area contributed by atoms with Crippen LogP contribution < -0.4 is 20.1 Å². The first-order valence-corrected chi connectivity index (χ1v) is 19.1. The van der Waals surface area contributed by atoms with Gasteiger partial charge in [0.1, 0.15) is 11.8 Å². The van der Waals surface area contributed by atoms with Gasteiger partial charge in [-0.15, -0.1) is 0 Å². The van der Waals surface area contributed by atoms with Crippen molar-refractivity contribution < 1.29 is 27.5 Å². The minimum atomic E-state index is -3.96. The van der Waals surface area contributed by atoms with Gasteiger partial charge in [-0.2, -0.15) is 0 Å². The second-order valence-electron chi connectivity index (χ2n) is 15.3. The lowest BCUT2D eigenvalue weighted by Gasteiger charge is -2.40. The standard InChI is InChI=1S/C41H56N4O6S/c1-27(2)34(25-28(3)37(46)44-52(49,50)26-29-15-13-12-14-16-29)45(10)39(48)36(40(4,5)6)43-38(47)35(42-9)41(7,8)32-21-17-30(18-22-32)31-19-23-33(51-11)24-20-31/h12-25,27,34-36,42H,26H2,1-11H3,(H,43,47)(H,44,46)/b28-25+/t34-,35-,36?/m1/s1. The van der Waals surface area contributed by atoms with Gasteiger partial charge < -0.3 is 20.3 Å². The van der Waals surface area contributed by atoms with Crippen molar-refractivity contribution in [1.82, 2.24) is 20.3 Å². The molecule has 0 aromatic heterocycles. The van der Waals surface area contributed by atoms with Crippen LogP contribution in [0, 0.1) is 11.3 Å². The van der Waals surface area contributed by atoms with Crippen LogP contribution in [0.5, 0.6) is 5.75 Å². The zero-order valence-electron chi connectivity index (χ0n) is 32.4. The first-order chi connectivity index (χ1) is 24.2. The zero-order valence-corrected chi connectivity index (χ0v) is 33.2. The van der Waals surface area contributed by atoms with Gasteiger partial charge in [-0.05, 0) is 59.7 Å². The lowest BCUT2D eigenvalue weighted by molar-refractivity contribution is -0.140. The number of benzene rings is 3. The van der Waals surface area contributed by atoms with Crippen molar-refractivity contribution in [1.29, 1.82) is 0 Å². The highest BCUT2D eigenvalue weighted by Gasteiger charge is 2.41. The normalized spacial score (nSPS) is 14.3. The summed E-state index contributed by atoms with van der Waals surface area (Å²) in [7, 11) is 1.04. The predicted octanol–water partition coefficient (Wildman–Crippen LogP) is 5.83. The van der Waals surface area contributed by atoms with Crippen molar-refractivity contribution in [2.24, 2.45) is 11.3 Å². The van der Waals surface area contributed by atoms with Gasteiger partial charge in [0, 0.05) is 18.0 Å². The second-order valence-corrected chi connectivity index (χ2v) is 17.0. The second kappa shape index (κ2) is 17.4. The van der Waals surface area contributed by atoms with Crippen LogP contribution in [0.15, 0.2) is 90.5 Å². The number of rotatable bonds is 15. The number of nitrogens with zero attached hydrogens (tertiary/aromatic N) is 1. The van der Waals surface area contributed by atoms with Gasteiger partial charge in [0.2, 0.25) is 21.8 Å². The first-order valence-electron chi connectivity index (χ1n) is 17.5. The number of nitrogens with one attached hydrogen (secondary N) is 3. The highest BCUT2D eigenvalue weighted by Crippen LogP contribution is 2.31. The van der Waals surface area contributed by atoms with E-state index in [4.69, 9.17) is 4.74 Å². The monoisotopic (exact) mass is 732 g/mol. The van der Waals surface area contributed by atoms with E-state index in [1.165, 1.54) is 11.8 Å². The number of carbonyl (C=O) groups excluding carboxylic acids is 3. The number of ether oxygens (including phenoxy) is 1. The van der Waals surface area contributed by atoms with Crippen LogP contribution in [0.1, 0.15) is 66.5 Å². The van der Waals surface area contributed by atoms with E-state index in [0.717, 1.165) is 22.4 Å². The lowest BCUT2D eigenvalue weighted by atomic mass is 9.76. The van der Waals surface area contributed by atoms with Crippen molar-refractivity contribution in [3.8, 4) is 16.9 Å². The molecule has 11 heteroatoms. The molecule has 1 unspecified atom stereocenters. The van der Waals surface area contributed by atoms with Crippen molar-refractivity contribution in [3.63, 3.8) is 0 Å². The van der Waals surface area contributed by atoms with E-state index in [0.29, 0.717) is 5.56 Å². The molecule has 0 saturated carbocycles. The molecule has 0 saturated heterocycles. The summed E-state index contributed by atoms with van der Waals surface area (Å²) in [4.78, 5) is 42.9. The Balaban J connectivity index is 1.81. The van der Waals surface area contributed by atoms with E-state index in [2.05, 4.69) is 15.4 Å². The number of amides is 3. The van der Waals surface area contributed by atoms with E-state index in [1.807, 2.05) is 97.0 Å². The van der Waals surface area contributed by atoms with Gasteiger partial charge in [-0.25, -0.2) is 13.1 Å². The maximum atomic E-state index is 14.3. The molecule has 0 aliphatic carbocycles. The highest BCUT2D eigenvalue weighted by molar-refractivity contribution is 7.89. The quantitative estimate of drug-likeness (QED) is 0.168. The summed E-state index contributed by atoms with van der Waals surface area (Å²) in [5, 5.41) is 6.24. The summed E-state index contributed by atoms with van der Waals surface area (Å²) in [5.41, 5.74) is 2.39. The molecule has 10 nitrogen and oxygen atoms in total. The van der Waals surface area contributed by atoms with E-state index in [9.17, 15) is 22.8 Å². The van der Waals surface area contributed by atoms with Crippen LogP contribution in [0.25, 0.3) is 11.1 Å². The van der Waals surface area contributed by atoms with Gasteiger partial charge >= 0.3 is 0 Å². The molecule has 52 heavy (non-hydrogen) atoms. The van der Waals surface area contributed by atoms with Crippen molar-refractivity contribution in [2.75, 3.05) is 21.2 Å². The molecular formula is C41H56N4O6S. The van der Waals surface area contributed by atoms with Crippen LogP contribution in [-0.4, -0.2) is 70.4 Å². The van der Waals surface area contributed by atoms with E-state index < -0.39 is 44.9 Å². The summed E-state index contributed by atoms with van der Waals surface area (Å²) >= 11 is 0. The molecule has 0 bridgehead atoms. The van der Waals surface area contributed by atoms with Crippen LogP contribution >= 0.6 is 0 Å². The zero-order chi connectivity index (χ0) is 39.0. The van der Waals surface area contributed by atoms with Gasteiger partial charge in [0.25, 0.3) is 5.91 Å². The summed E-state index contributed by atoms with van der Waals surface area (Å²) in [5.74, 6) is -1.13. The number of sulfonamides is 1. The fourth-order valence-corrected chi connectivity index (χ4v) is 7.37. The lowest BCUT2D eigenvalue weighted by Crippen LogP contribution is -2.61. The van der Waals surface area contributed by atoms with Crippen LogP contribution in [-0.2, 0) is 35.6 Å².